The van der Waals surface area contributed by atoms with Crippen molar-refractivity contribution < 1.29 is 0 Å². The van der Waals surface area contributed by atoms with Crippen LogP contribution in [0.25, 0.3) is 10.9 Å². The van der Waals surface area contributed by atoms with Gasteiger partial charge in [0.25, 0.3) is 0 Å². The summed E-state index contributed by atoms with van der Waals surface area (Å²) in [6, 6.07) is 4.12. The van der Waals surface area contributed by atoms with Crippen LogP contribution in [0.5, 0.6) is 0 Å². The fourth-order valence-corrected chi connectivity index (χ4v) is 1.75. The maximum Gasteiger partial charge on any atom is 0.107 e. The molecule has 0 radical (unpaired) electrons. The molecule has 1 heterocycles. The molecule has 1 aromatic carbocycles. The molecule has 0 unspecified atom stereocenters. The van der Waals surface area contributed by atoms with E-state index in [1.807, 2.05) is 24.0 Å². The quantitative estimate of drug-likeness (QED) is 0.673. The number of aryl methyl sites for hydroxylation is 2. The van der Waals surface area contributed by atoms with Gasteiger partial charge in [0.15, 0.2) is 0 Å². The predicted molar refractivity (Wildman–Crippen MR) is 53.2 cm³/mol. The van der Waals surface area contributed by atoms with E-state index in [9.17, 15) is 0 Å². The molecule has 12 heavy (non-hydrogen) atoms. The fraction of sp³-hybridized carbons (Fsp3) is 0.222. The molecular weight excluding hydrogens is 216 g/mol. The minimum absolute atomic E-state index is 1.04. The summed E-state index contributed by atoms with van der Waals surface area (Å²) in [6.45, 7) is 2.09. The smallest absolute Gasteiger partial charge is 0.107 e. The maximum atomic E-state index is 4.34. The monoisotopic (exact) mass is 224 g/mol. The van der Waals surface area contributed by atoms with E-state index in [1.165, 1.54) is 10.9 Å². The molecule has 0 N–H and O–H groups in total. The zero-order valence-corrected chi connectivity index (χ0v) is 8.59. The van der Waals surface area contributed by atoms with Crippen molar-refractivity contribution in [1.29, 1.82) is 0 Å². The van der Waals surface area contributed by atoms with E-state index in [0.717, 1.165) is 9.99 Å². The molecule has 2 nitrogen and oxygen atoms in total. The zero-order valence-electron chi connectivity index (χ0n) is 7.00. The average Bonchev–Trinajstić information content (AvgIpc) is 2.41. The SMILES string of the molecule is Cc1ccc(Br)c2nn(C)cc12. The van der Waals surface area contributed by atoms with Gasteiger partial charge in [0.2, 0.25) is 0 Å². The van der Waals surface area contributed by atoms with Crippen LogP contribution in [0.15, 0.2) is 22.8 Å². The van der Waals surface area contributed by atoms with Crippen molar-refractivity contribution in [3.05, 3.63) is 28.4 Å². The van der Waals surface area contributed by atoms with Gasteiger partial charge in [-0.15, -0.1) is 0 Å². The number of hydrogen-bond donors (Lipinski definition) is 0. The van der Waals surface area contributed by atoms with Gasteiger partial charge in [0.05, 0.1) is 0 Å². The highest BCUT2D eigenvalue weighted by molar-refractivity contribution is 9.10. The Morgan fingerprint density at radius 2 is 2.17 bits per heavy atom. The van der Waals surface area contributed by atoms with Crippen LogP contribution in [0.3, 0.4) is 0 Å². The number of benzene rings is 1. The van der Waals surface area contributed by atoms with E-state index in [-0.39, 0.29) is 0 Å². The van der Waals surface area contributed by atoms with Crippen molar-refractivity contribution in [2.24, 2.45) is 7.05 Å². The van der Waals surface area contributed by atoms with Crippen LogP contribution in [0, 0.1) is 6.92 Å². The van der Waals surface area contributed by atoms with Crippen molar-refractivity contribution in [2.75, 3.05) is 0 Å². The largest absolute Gasteiger partial charge is 0.275 e. The second kappa shape index (κ2) is 2.59. The third-order valence-electron chi connectivity index (χ3n) is 1.96. The van der Waals surface area contributed by atoms with Crippen molar-refractivity contribution in [2.45, 2.75) is 6.92 Å². The molecular formula is C9H9BrN2. The molecule has 2 aromatic rings. The first-order valence-corrected chi connectivity index (χ1v) is 4.56. The van der Waals surface area contributed by atoms with E-state index in [2.05, 4.69) is 34.0 Å². The van der Waals surface area contributed by atoms with E-state index in [4.69, 9.17) is 0 Å². The Kier molecular flexibility index (Phi) is 1.68. The number of nitrogens with zero attached hydrogens (tertiary/aromatic N) is 2. The lowest BCUT2D eigenvalue weighted by Gasteiger charge is -1.94. The van der Waals surface area contributed by atoms with Gasteiger partial charge in [0, 0.05) is 23.1 Å². The summed E-state index contributed by atoms with van der Waals surface area (Å²) >= 11 is 3.47. The van der Waals surface area contributed by atoms with Crippen LogP contribution in [0.4, 0.5) is 0 Å². The lowest BCUT2D eigenvalue weighted by atomic mass is 10.1. The highest BCUT2D eigenvalue weighted by Gasteiger charge is 2.04. The highest BCUT2D eigenvalue weighted by Crippen LogP contribution is 2.24. The third kappa shape index (κ3) is 1.05. The summed E-state index contributed by atoms with van der Waals surface area (Å²) in [6.07, 6.45) is 2.04. The molecule has 62 valence electrons. The molecule has 3 heteroatoms. The first kappa shape index (κ1) is 7.80. The summed E-state index contributed by atoms with van der Waals surface area (Å²) in [4.78, 5) is 0. The zero-order chi connectivity index (χ0) is 8.72. The number of hydrogen-bond acceptors (Lipinski definition) is 1. The maximum absolute atomic E-state index is 4.34. The van der Waals surface area contributed by atoms with Crippen LogP contribution in [0.2, 0.25) is 0 Å². The van der Waals surface area contributed by atoms with E-state index in [0.29, 0.717) is 0 Å². The molecule has 2 rings (SSSR count). The van der Waals surface area contributed by atoms with Crippen LogP contribution in [-0.4, -0.2) is 9.78 Å². The van der Waals surface area contributed by atoms with Gasteiger partial charge >= 0.3 is 0 Å². The summed E-state index contributed by atoms with van der Waals surface area (Å²) in [5, 5.41) is 5.56. The predicted octanol–water partition coefficient (Wildman–Crippen LogP) is 2.64. The van der Waals surface area contributed by atoms with Gasteiger partial charge in [-0.25, -0.2) is 0 Å². The summed E-state index contributed by atoms with van der Waals surface area (Å²) in [5.74, 6) is 0. The number of fused-ring (bicyclic) bond motifs is 1. The normalized spacial score (nSPS) is 10.9. The molecule has 0 aliphatic rings. The van der Waals surface area contributed by atoms with Gasteiger partial charge in [-0.3, -0.25) is 4.68 Å². The number of rotatable bonds is 0. The lowest BCUT2D eigenvalue weighted by molar-refractivity contribution is 0.779. The Morgan fingerprint density at radius 3 is 2.83 bits per heavy atom. The Hall–Kier alpha value is -0.830. The first-order valence-electron chi connectivity index (χ1n) is 3.77. The topological polar surface area (TPSA) is 17.8 Å². The van der Waals surface area contributed by atoms with Crippen molar-refractivity contribution >= 4 is 26.8 Å². The summed E-state index contributed by atoms with van der Waals surface area (Å²) < 4.78 is 2.89. The Labute approximate surface area is 79.3 Å². The van der Waals surface area contributed by atoms with Crippen molar-refractivity contribution in [3.8, 4) is 0 Å². The first-order chi connectivity index (χ1) is 5.68. The highest BCUT2D eigenvalue weighted by atomic mass is 79.9. The van der Waals surface area contributed by atoms with E-state index < -0.39 is 0 Å². The van der Waals surface area contributed by atoms with Gasteiger partial charge in [-0.1, -0.05) is 6.07 Å². The molecule has 0 fully saturated rings. The van der Waals surface area contributed by atoms with E-state index in [1.54, 1.807) is 0 Å². The van der Waals surface area contributed by atoms with Gasteiger partial charge < -0.3 is 0 Å². The number of halogens is 1. The molecule has 0 spiro atoms. The lowest BCUT2D eigenvalue weighted by Crippen LogP contribution is -1.85. The molecule has 0 aliphatic heterocycles. The summed E-state index contributed by atoms with van der Waals surface area (Å²) in [5.41, 5.74) is 2.30. The fourth-order valence-electron chi connectivity index (χ4n) is 1.32. The van der Waals surface area contributed by atoms with Crippen LogP contribution in [0.1, 0.15) is 5.56 Å². The standard InChI is InChI=1S/C9H9BrN2/c1-6-3-4-8(10)9-7(6)5-12(2)11-9/h3-5H,1-2H3. The molecule has 1 aromatic heterocycles. The third-order valence-corrected chi connectivity index (χ3v) is 2.60. The molecule has 0 atom stereocenters. The van der Waals surface area contributed by atoms with Crippen LogP contribution < -0.4 is 0 Å². The molecule has 0 saturated heterocycles. The molecule has 0 amide bonds. The van der Waals surface area contributed by atoms with Crippen molar-refractivity contribution in [1.82, 2.24) is 9.78 Å². The molecule has 0 saturated carbocycles. The average molecular weight is 225 g/mol. The second-order valence-electron chi connectivity index (χ2n) is 2.93. The molecule has 0 aliphatic carbocycles. The van der Waals surface area contributed by atoms with Gasteiger partial charge in [-0.2, -0.15) is 5.10 Å². The van der Waals surface area contributed by atoms with E-state index >= 15 is 0 Å². The van der Waals surface area contributed by atoms with Crippen LogP contribution >= 0.6 is 15.9 Å². The second-order valence-corrected chi connectivity index (χ2v) is 3.78. The number of aromatic nitrogens is 2. The summed E-state index contributed by atoms with van der Waals surface area (Å²) in [7, 11) is 1.94. The Bertz CT molecular complexity index is 392. The minimum Gasteiger partial charge on any atom is -0.275 e. The van der Waals surface area contributed by atoms with Crippen LogP contribution in [-0.2, 0) is 7.05 Å². The van der Waals surface area contributed by atoms with Gasteiger partial charge in [0.1, 0.15) is 5.52 Å². The Morgan fingerprint density at radius 1 is 1.42 bits per heavy atom. The van der Waals surface area contributed by atoms with Crippen molar-refractivity contribution in [3.63, 3.8) is 0 Å². The molecule has 0 bridgehead atoms. The van der Waals surface area contributed by atoms with Gasteiger partial charge in [-0.05, 0) is 34.5 Å². The minimum atomic E-state index is 1.04. The Balaban J connectivity index is 2.93.